The Hall–Kier alpha value is -1.40. The molecule has 1 fully saturated rings. The highest BCUT2D eigenvalue weighted by molar-refractivity contribution is 7.89. The van der Waals surface area contributed by atoms with Gasteiger partial charge in [-0.2, -0.15) is 4.31 Å². The van der Waals surface area contributed by atoms with Crippen LogP contribution in [0.4, 0.5) is 0 Å². The van der Waals surface area contributed by atoms with Crippen molar-refractivity contribution in [3.05, 3.63) is 29.8 Å². The SMILES string of the molecule is CC1(C)CCCN1S(=O)(=O)c1ccc(C(=O)O)cc1. The maximum absolute atomic E-state index is 12.5. The Kier molecular flexibility index (Phi) is 3.40. The van der Waals surface area contributed by atoms with Crippen molar-refractivity contribution in [1.82, 2.24) is 4.31 Å². The van der Waals surface area contributed by atoms with E-state index in [0.717, 1.165) is 12.8 Å². The lowest BCUT2D eigenvalue weighted by Gasteiger charge is -2.30. The number of aromatic carboxylic acids is 1. The van der Waals surface area contributed by atoms with E-state index >= 15 is 0 Å². The van der Waals surface area contributed by atoms with Gasteiger partial charge in [-0.05, 0) is 51.0 Å². The van der Waals surface area contributed by atoms with Gasteiger partial charge in [-0.3, -0.25) is 0 Å². The van der Waals surface area contributed by atoms with E-state index < -0.39 is 16.0 Å². The fourth-order valence-electron chi connectivity index (χ4n) is 2.42. The maximum atomic E-state index is 12.5. The molecule has 19 heavy (non-hydrogen) atoms. The van der Waals surface area contributed by atoms with Crippen LogP contribution < -0.4 is 0 Å². The summed E-state index contributed by atoms with van der Waals surface area (Å²) in [6, 6.07) is 5.34. The molecule has 1 heterocycles. The summed E-state index contributed by atoms with van der Waals surface area (Å²) in [6.07, 6.45) is 1.68. The van der Waals surface area contributed by atoms with Crippen molar-refractivity contribution < 1.29 is 18.3 Å². The zero-order valence-corrected chi connectivity index (χ0v) is 11.8. The first-order valence-corrected chi connectivity index (χ1v) is 7.55. The van der Waals surface area contributed by atoms with E-state index in [-0.39, 0.29) is 16.0 Å². The number of sulfonamides is 1. The number of rotatable bonds is 3. The molecule has 1 aromatic rings. The summed E-state index contributed by atoms with van der Waals surface area (Å²) in [6.45, 7) is 4.32. The zero-order valence-electron chi connectivity index (χ0n) is 11.0. The van der Waals surface area contributed by atoms with E-state index in [1.807, 2.05) is 13.8 Å². The second-order valence-corrected chi connectivity index (χ2v) is 7.19. The molecule has 0 bridgehead atoms. The smallest absolute Gasteiger partial charge is 0.335 e. The summed E-state index contributed by atoms with van der Waals surface area (Å²) in [5.74, 6) is -1.06. The summed E-state index contributed by atoms with van der Waals surface area (Å²) in [5, 5.41) is 8.81. The summed E-state index contributed by atoms with van der Waals surface area (Å²) >= 11 is 0. The van der Waals surface area contributed by atoms with E-state index in [0.29, 0.717) is 6.54 Å². The first-order chi connectivity index (χ1) is 8.75. The Balaban J connectivity index is 2.37. The molecule has 1 aromatic carbocycles. The van der Waals surface area contributed by atoms with E-state index in [2.05, 4.69) is 0 Å². The number of hydrogen-bond donors (Lipinski definition) is 1. The Morgan fingerprint density at radius 3 is 2.26 bits per heavy atom. The minimum atomic E-state index is -3.55. The molecule has 1 aliphatic heterocycles. The van der Waals surface area contributed by atoms with Crippen LogP contribution in [0.5, 0.6) is 0 Å². The average Bonchev–Trinajstić information content (AvgIpc) is 2.69. The van der Waals surface area contributed by atoms with Crippen LogP contribution in [0.15, 0.2) is 29.2 Å². The minimum Gasteiger partial charge on any atom is -0.478 e. The highest BCUT2D eigenvalue weighted by Crippen LogP contribution is 2.33. The molecule has 0 spiro atoms. The van der Waals surface area contributed by atoms with Gasteiger partial charge in [0.2, 0.25) is 10.0 Å². The molecular formula is C13H17NO4S. The molecule has 1 N–H and O–H groups in total. The van der Waals surface area contributed by atoms with Gasteiger partial charge in [-0.1, -0.05) is 0 Å². The Labute approximate surface area is 112 Å². The second-order valence-electron chi connectivity index (χ2n) is 5.32. The number of carboxylic acids is 1. The molecule has 5 nitrogen and oxygen atoms in total. The topological polar surface area (TPSA) is 74.7 Å². The third kappa shape index (κ3) is 2.50. The first-order valence-electron chi connectivity index (χ1n) is 6.11. The van der Waals surface area contributed by atoms with Crippen molar-refractivity contribution in [2.75, 3.05) is 6.54 Å². The van der Waals surface area contributed by atoms with Crippen LogP contribution in [0.25, 0.3) is 0 Å². The van der Waals surface area contributed by atoms with Gasteiger partial charge in [0.1, 0.15) is 0 Å². The van der Waals surface area contributed by atoms with Gasteiger partial charge in [0.15, 0.2) is 0 Å². The van der Waals surface area contributed by atoms with Gasteiger partial charge in [-0.15, -0.1) is 0 Å². The molecule has 0 amide bonds. The van der Waals surface area contributed by atoms with E-state index in [9.17, 15) is 13.2 Å². The van der Waals surface area contributed by atoms with Crippen LogP contribution in [-0.2, 0) is 10.0 Å². The van der Waals surface area contributed by atoms with Crippen LogP contribution in [-0.4, -0.2) is 35.9 Å². The predicted octanol–water partition coefficient (Wildman–Crippen LogP) is 1.95. The first kappa shape index (κ1) is 14.0. The Morgan fingerprint density at radius 1 is 1.26 bits per heavy atom. The van der Waals surface area contributed by atoms with Gasteiger partial charge in [0.25, 0.3) is 0 Å². The van der Waals surface area contributed by atoms with Crippen molar-refractivity contribution in [3.63, 3.8) is 0 Å². The number of carbonyl (C=O) groups is 1. The molecule has 0 atom stereocenters. The second kappa shape index (κ2) is 4.61. The van der Waals surface area contributed by atoms with Gasteiger partial charge in [0, 0.05) is 12.1 Å². The Bertz CT molecular complexity index is 590. The molecule has 0 saturated carbocycles. The van der Waals surface area contributed by atoms with Gasteiger partial charge in [0.05, 0.1) is 10.5 Å². The van der Waals surface area contributed by atoms with Crippen LogP contribution >= 0.6 is 0 Å². The summed E-state index contributed by atoms with van der Waals surface area (Å²) in [4.78, 5) is 10.9. The van der Waals surface area contributed by atoms with Gasteiger partial charge >= 0.3 is 5.97 Å². The lowest BCUT2D eigenvalue weighted by molar-refractivity contribution is 0.0696. The zero-order chi connectivity index (χ0) is 14.3. The molecule has 0 radical (unpaired) electrons. The van der Waals surface area contributed by atoms with E-state index in [4.69, 9.17) is 5.11 Å². The quantitative estimate of drug-likeness (QED) is 0.920. The highest BCUT2D eigenvalue weighted by atomic mass is 32.2. The number of hydrogen-bond acceptors (Lipinski definition) is 3. The predicted molar refractivity (Wildman–Crippen MR) is 70.6 cm³/mol. The molecule has 1 aliphatic rings. The molecule has 1 saturated heterocycles. The fourth-order valence-corrected chi connectivity index (χ4v) is 4.27. The third-order valence-corrected chi connectivity index (χ3v) is 5.64. The van der Waals surface area contributed by atoms with Crippen LogP contribution in [0.2, 0.25) is 0 Å². The molecule has 0 aliphatic carbocycles. The number of carboxylic acid groups (broad SMARTS) is 1. The third-order valence-electron chi connectivity index (χ3n) is 3.51. The highest BCUT2D eigenvalue weighted by Gasteiger charge is 2.40. The maximum Gasteiger partial charge on any atom is 0.335 e. The molecule has 2 rings (SSSR count). The normalized spacial score (nSPS) is 19.5. The largest absolute Gasteiger partial charge is 0.478 e. The minimum absolute atomic E-state index is 0.0830. The van der Waals surface area contributed by atoms with Crippen molar-refractivity contribution in [3.8, 4) is 0 Å². The lowest BCUT2D eigenvalue weighted by atomic mass is 10.0. The molecule has 0 unspecified atom stereocenters. The van der Waals surface area contributed by atoms with Crippen molar-refractivity contribution in [1.29, 1.82) is 0 Å². The van der Waals surface area contributed by atoms with Crippen molar-refractivity contribution in [2.24, 2.45) is 0 Å². The van der Waals surface area contributed by atoms with Crippen molar-refractivity contribution >= 4 is 16.0 Å². The number of nitrogens with zero attached hydrogens (tertiary/aromatic N) is 1. The van der Waals surface area contributed by atoms with Crippen LogP contribution in [0.3, 0.4) is 0 Å². The van der Waals surface area contributed by atoms with Crippen LogP contribution in [0, 0.1) is 0 Å². The molecule has 6 heteroatoms. The molecule has 0 aromatic heterocycles. The lowest BCUT2D eigenvalue weighted by Crippen LogP contribution is -2.42. The van der Waals surface area contributed by atoms with E-state index in [1.54, 1.807) is 0 Å². The monoisotopic (exact) mass is 283 g/mol. The fraction of sp³-hybridized carbons (Fsp3) is 0.462. The summed E-state index contributed by atoms with van der Waals surface area (Å²) in [7, 11) is -3.55. The average molecular weight is 283 g/mol. The van der Waals surface area contributed by atoms with Crippen molar-refractivity contribution in [2.45, 2.75) is 37.1 Å². The molecule has 104 valence electrons. The Morgan fingerprint density at radius 2 is 1.84 bits per heavy atom. The summed E-state index contributed by atoms with van der Waals surface area (Å²) < 4.78 is 26.5. The van der Waals surface area contributed by atoms with Crippen LogP contribution in [0.1, 0.15) is 37.0 Å². The number of benzene rings is 1. The van der Waals surface area contributed by atoms with E-state index in [1.165, 1.54) is 28.6 Å². The van der Waals surface area contributed by atoms with Gasteiger partial charge < -0.3 is 5.11 Å². The molecular weight excluding hydrogens is 266 g/mol. The summed E-state index contributed by atoms with van der Waals surface area (Å²) in [5.41, 5.74) is -0.302. The van der Waals surface area contributed by atoms with Gasteiger partial charge in [-0.25, -0.2) is 13.2 Å². The standard InChI is InChI=1S/C13H17NO4S/c1-13(2)8-3-9-14(13)19(17,18)11-6-4-10(5-7-11)12(15)16/h4-7H,3,8-9H2,1-2H3,(H,15,16).